The number of imide groups is 2. The van der Waals surface area contributed by atoms with Gasteiger partial charge in [0, 0.05) is 16.3 Å². The molecule has 4 amide bonds. The number of carboxylic acids is 1. The van der Waals surface area contributed by atoms with Gasteiger partial charge in [-0.15, -0.1) is 0 Å². The van der Waals surface area contributed by atoms with E-state index in [1.165, 1.54) is 37.4 Å². The number of anilines is 2. The van der Waals surface area contributed by atoms with Gasteiger partial charge < -0.3 is 14.9 Å². The molecule has 57 heavy (non-hydrogen) atoms. The zero-order chi connectivity index (χ0) is 39.9. The lowest BCUT2D eigenvalue weighted by Gasteiger charge is -2.51. The molecule has 0 bridgehead atoms. The highest BCUT2D eigenvalue weighted by atomic mass is 35.5. The fourth-order valence-electron chi connectivity index (χ4n) is 9.78. The van der Waals surface area contributed by atoms with Crippen LogP contribution in [0.15, 0.2) is 115 Å². The van der Waals surface area contributed by atoms with Crippen LogP contribution in [0.3, 0.4) is 0 Å². The summed E-state index contributed by atoms with van der Waals surface area (Å²) in [6.45, 7) is 0. The average molecular weight is 803 g/mol. The van der Waals surface area contributed by atoms with Crippen molar-refractivity contribution < 1.29 is 38.9 Å². The third kappa shape index (κ3) is 5.36. The number of benzene rings is 5. The minimum atomic E-state index is -1.61. The number of methoxy groups -OCH3 is 1. The number of rotatable bonds is 7. The van der Waals surface area contributed by atoms with Gasteiger partial charge in [-0.25, -0.2) is 4.79 Å². The van der Waals surface area contributed by atoms with Crippen molar-refractivity contribution in [3.63, 3.8) is 0 Å². The molecule has 2 heterocycles. The second kappa shape index (κ2) is 13.5. The number of halogens is 2. The van der Waals surface area contributed by atoms with E-state index in [1.807, 2.05) is 18.2 Å². The van der Waals surface area contributed by atoms with E-state index in [-0.39, 0.29) is 40.6 Å². The molecule has 0 aromatic heterocycles. The number of amides is 4. The van der Waals surface area contributed by atoms with E-state index >= 15 is 9.59 Å². The summed E-state index contributed by atoms with van der Waals surface area (Å²) in [5.41, 5.74) is 3.62. The minimum absolute atomic E-state index is 0.0275. The van der Waals surface area contributed by atoms with Crippen LogP contribution < -0.4 is 15.1 Å². The summed E-state index contributed by atoms with van der Waals surface area (Å²) in [5, 5.41) is 23.5. The molecule has 4 aliphatic rings. The summed E-state index contributed by atoms with van der Waals surface area (Å²) in [6, 6.07) is 27.9. The van der Waals surface area contributed by atoms with Crippen LogP contribution in [0.25, 0.3) is 10.8 Å². The largest absolute Gasteiger partial charge is 0.507 e. The number of hydrazine groups is 1. The summed E-state index contributed by atoms with van der Waals surface area (Å²) in [7, 11) is 1.53. The Morgan fingerprint density at radius 3 is 2.32 bits per heavy atom. The van der Waals surface area contributed by atoms with Gasteiger partial charge in [-0.2, -0.15) is 5.01 Å². The zero-order valence-corrected chi connectivity index (χ0v) is 31.7. The Balaban J connectivity index is 1.27. The summed E-state index contributed by atoms with van der Waals surface area (Å²) < 4.78 is 5.49. The third-order valence-electron chi connectivity index (χ3n) is 12.2. The molecule has 5 aromatic rings. The summed E-state index contributed by atoms with van der Waals surface area (Å²) in [4.78, 5) is 72.6. The van der Waals surface area contributed by atoms with E-state index in [9.17, 15) is 24.6 Å². The molecule has 13 heteroatoms. The van der Waals surface area contributed by atoms with Crippen molar-refractivity contribution in [1.29, 1.82) is 0 Å². The number of nitrogens with zero attached hydrogens (tertiary/aromatic N) is 2. The first-order valence-electron chi connectivity index (χ1n) is 18.3. The lowest BCUT2D eigenvalue weighted by atomic mass is 9.49. The van der Waals surface area contributed by atoms with Gasteiger partial charge >= 0.3 is 5.97 Å². The number of hydrogen-bond donors (Lipinski definition) is 3. The molecular formula is C44H33Cl2N3O8. The summed E-state index contributed by atoms with van der Waals surface area (Å²) >= 11 is 12.8. The predicted molar refractivity (Wildman–Crippen MR) is 212 cm³/mol. The van der Waals surface area contributed by atoms with Crippen LogP contribution in [0.2, 0.25) is 10.0 Å². The van der Waals surface area contributed by atoms with Gasteiger partial charge in [0.25, 0.3) is 11.8 Å². The molecule has 3 fully saturated rings. The molecule has 2 aliphatic heterocycles. The number of carboxylic acid groups (broad SMARTS) is 1. The highest BCUT2D eigenvalue weighted by molar-refractivity contribution is 6.36. The maximum Gasteiger partial charge on any atom is 0.335 e. The van der Waals surface area contributed by atoms with Crippen LogP contribution in [0.1, 0.15) is 40.2 Å². The van der Waals surface area contributed by atoms with E-state index in [4.69, 9.17) is 27.9 Å². The van der Waals surface area contributed by atoms with Crippen LogP contribution in [0, 0.1) is 23.7 Å². The van der Waals surface area contributed by atoms with E-state index in [2.05, 4.69) is 5.43 Å². The number of aromatic carboxylic acids is 1. The van der Waals surface area contributed by atoms with Gasteiger partial charge in [0.15, 0.2) is 0 Å². The van der Waals surface area contributed by atoms with Crippen molar-refractivity contribution >= 4 is 74.9 Å². The fraction of sp³-hybridized carbons (Fsp3) is 0.205. The van der Waals surface area contributed by atoms with Gasteiger partial charge in [0.1, 0.15) is 11.5 Å². The normalized spacial score (nSPS) is 25.2. The van der Waals surface area contributed by atoms with E-state index in [0.29, 0.717) is 38.2 Å². The second-order valence-corrected chi connectivity index (χ2v) is 15.6. The number of fused-ring (bicyclic) bond motifs is 5. The molecule has 2 aliphatic carbocycles. The number of nitrogens with one attached hydrogen (secondary N) is 1. The Bertz CT molecular complexity index is 2610. The van der Waals surface area contributed by atoms with Crippen LogP contribution in [0.5, 0.6) is 11.5 Å². The average Bonchev–Trinajstić information content (AvgIpc) is 3.60. The van der Waals surface area contributed by atoms with Crippen molar-refractivity contribution in [1.82, 2.24) is 5.01 Å². The van der Waals surface area contributed by atoms with Crippen LogP contribution in [-0.4, -0.2) is 51.9 Å². The molecule has 9 rings (SSSR count). The van der Waals surface area contributed by atoms with Crippen molar-refractivity contribution in [3.8, 4) is 11.5 Å². The molecule has 6 atom stereocenters. The Hall–Kier alpha value is -6.17. The summed E-state index contributed by atoms with van der Waals surface area (Å²) in [6.07, 6.45) is 2.13. The number of allylic oxidation sites excluding steroid dienone is 2. The molecule has 286 valence electrons. The van der Waals surface area contributed by atoms with Crippen LogP contribution >= 0.6 is 23.2 Å². The van der Waals surface area contributed by atoms with Crippen molar-refractivity contribution in [2.24, 2.45) is 23.7 Å². The first-order valence-corrected chi connectivity index (χ1v) is 19.1. The number of carbonyl (C=O) groups excluding carboxylic acids is 4. The molecule has 0 radical (unpaired) electrons. The molecule has 11 nitrogen and oxygen atoms in total. The monoisotopic (exact) mass is 801 g/mol. The number of phenols is 1. The highest BCUT2D eigenvalue weighted by Gasteiger charge is 2.70. The molecule has 0 unspecified atom stereocenters. The lowest BCUT2D eigenvalue weighted by Crippen LogP contribution is -2.53. The van der Waals surface area contributed by atoms with Gasteiger partial charge in [0.05, 0.1) is 52.2 Å². The maximum absolute atomic E-state index is 15.6. The molecule has 2 saturated heterocycles. The first kappa shape index (κ1) is 36.5. The van der Waals surface area contributed by atoms with Crippen molar-refractivity contribution in [3.05, 3.63) is 142 Å². The number of ether oxygens (including phenoxy) is 1. The lowest BCUT2D eigenvalue weighted by molar-refractivity contribution is -0.138. The molecule has 5 aromatic carbocycles. The standard InChI is InChI=1S/C44H33Cl2N3O8/c1-57-26-12-9-23(10-13-26)44-33(40(52)49(43(44)56)47-35-17-11-24(45)20-34(35)46)21-32-30(38(44)29-16-18-36(50)28-8-3-2-7-27(28)29)14-15-31-37(32)41(53)48(39(31)51)25-6-4-5-22(19-25)42(54)55/h2-14,16-20,31-33,37-38,47,50H,15,21H2,1H3,(H,54,55)/t31-,32+,33-,37-,38-,44+/m0/s1. The number of phenolic OH excluding ortho intramolecular Hbond substituents is 1. The minimum Gasteiger partial charge on any atom is -0.507 e. The smallest absolute Gasteiger partial charge is 0.335 e. The molecule has 0 spiro atoms. The van der Waals surface area contributed by atoms with E-state index in [1.54, 1.807) is 60.7 Å². The Kier molecular flexibility index (Phi) is 8.63. The van der Waals surface area contributed by atoms with Crippen LogP contribution in [-0.2, 0) is 24.6 Å². The highest BCUT2D eigenvalue weighted by Crippen LogP contribution is 2.65. The maximum atomic E-state index is 15.6. The third-order valence-corrected chi connectivity index (χ3v) is 12.7. The van der Waals surface area contributed by atoms with Crippen LogP contribution in [0.4, 0.5) is 11.4 Å². The van der Waals surface area contributed by atoms with Gasteiger partial charge in [0.2, 0.25) is 11.8 Å². The number of aromatic hydroxyl groups is 1. The predicted octanol–water partition coefficient (Wildman–Crippen LogP) is 7.75. The Morgan fingerprint density at radius 1 is 0.842 bits per heavy atom. The van der Waals surface area contributed by atoms with Crippen molar-refractivity contribution in [2.75, 3.05) is 17.4 Å². The topological polar surface area (TPSA) is 154 Å². The number of hydrogen-bond acceptors (Lipinski definition) is 8. The quantitative estimate of drug-likeness (QED) is 0.111. The molecule has 3 N–H and O–H groups in total. The number of carbonyl (C=O) groups is 5. The SMILES string of the molecule is COc1ccc([C@@]23C(=O)N(Nc4ccc(Cl)cc4Cl)C(=O)[C@@H]2C[C@@H]2C(=CC[C@@H]4C(=O)N(c5cccc(C(=O)O)c5)C(=O)[C@@H]42)[C@@H]3c2ccc(O)c3ccccc23)cc1. The van der Waals surface area contributed by atoms with Gasteiger partial charge in [-0.05, 0) is 89.9 Å². The summed E-state index contributed by atoms with van der Waals surface area (Å²) in [5.74, 6) is -7.06. The molecule has 1 saturated carbocycles. The van der Waals surface area contributed by atoms with Gasteiger partial charge in [-0.1, -0.05) is 83.4 Å². The fourth-order valence-corrected chi connectivity index (χ4v) is 10.2. The Labute approximate surface area is 336 Å². The zero-order valence-electron chi connectivity index (χ0n) is 30.2. The van der Waals surface area contributed by atoms with Gasteiger partial charge in [-0.3, -0.25) is 29.5 Å². The van der Waals surface area contributed by atoms with E-state index in [0.717, 1.165) is 9.91 Å². The van der Waals surface area contributed by atoms with E-state index < -0.39 is 64.6 Å². The van der Waals surface area contributed by atoms with Crippen molar-refractivity contribution in [2.45, 2.75) is 24.2 Å². The molecular weight excluding hydrogens is 769 g/mol. The second-order valence-electron chi connectivity index (χ2n) is 14.8. The Morgan fingerprint density at radius 2 is 1.60 bits per heavy atom. The first-order chi connectivity index (χ1) is 27.4.